The molecule has 0 heterocycles. The minimum absolute atomic E-state index is 0.0584. The van der Waals surface area contributed by atoms with Crippen molar-refractivity contribution in [2.75, 3.05) is 19.7 Å². The van der Waals surface area contributed by atoms with Crippen molar-refractivity contribution in [3.8, 4) is 0 Å². The van der Waals surface area contributed by atoms with Crippen LogP contribution in [-0.2, 0) is 4.79 Å². The molecule has 17 heavy (non-hydrogen) atoms. The van der Waals surface area contributed by atoms with E-state index in [0.717, 1.165) is 38.5 Å². The normalized spacial score (nSPS) is 23.4. The molecule has 0 spiro atoms. The molecular formula is C13H24N2O2. The minimum Gasteiger partial charge on any atom is -0.395 e. The average molecular weight is 240 g/mol. The lowest BCUT2D eigenvalue weighted by Crippen LogP contribution is -2.53. The summed E-state index contributed by atoms with van der Waals surface area (Å²) in [5.41, 5.74) is 5.54. The Bertz CT molecular complexity index is 271. The first-order valence-electron chi connectivity index (χ1n) is 6.85. The van der Waals surface area contributed by atoms with Crippen molar-refractivity contribution in [3.63, 3.8) is 0 Å². The van der Waals surface area contributed by atoms with Gasteiger partial charge in [0.1, 0.15) is 0 Å². The van der Waals surface area contributed by atoms with Crippen LogP contribution in [0, 0.1) is 5.41 Å². The van der Waals surface area contributed by atoms with Crippen molar-refractivity contribution in [1.29, 1.82) is 0 Å². The Balaban J connectivity index is 2.08. The van der Waals surface area contributed by atoms with Gasteiger partial charge < -0.3 is 15.7 Å². The van der Waals surface area contributed by atoms with Gasteiger partial charge in [-0.25, -0.2) is 0 Å². The number of aliphatic hydroxyl groups is 1. The van der Waals surface area contributed by atoms with Gasteiger partial charge in [0.05, 0.1) is 12.0 Å². The number of hydrogen-bond donors (Lipinski definition) is 2. The molecule has 2 aliphatic rings. The summed E-state index contributed by atoms with van der Waals surface area (Å²) in [6.07, 6.45) is 7.46. The van der Waals surface area contributed by atoms with Crippen molar-refractivity contribution < 1.29 is 9.90 Å². The molecule has 0 aromatic carbocycles. The Morgan fingerprint density at radius 3 is 2.35 bits per heavy atom. The second-order valence-electron chi connectivity index (χ2n) is 5.50. The van der Waals surface area contributed by atoms with Crippen molar-refractivity contribution >= 4 is 5.91 Å². The fourth-order valence-electron chi connectivity index (χ4n) is 3.12. The fraction of sp³-hybridized carbons (Fsp3) is 0.923. The highest BCUT2D eigenvalue weighted by atomic mass is 16.3. The molecule has 0 atom stereocenters. The Morgan fingerprint density at radius 1 is 1.29 bits per heavy atom. The van der Waals surface area contributed by atoms with Gasteiger partial charge in [-0.2, -0.15) is 0 Å². The molecule has 0 unspecified atom stereocenters. The Labute approximate surface area is 103 Å². The van der Waals surface area contributed by atoms with Gasteiger partial charge in [-0.1, -0.05) is 12.8 Å². The largest absolute Gasteiger partial charge is 0.395 e. The molecule has 0 aromatic rings. The molecule has 0 aromatic heterocycles. The lowest BCUT2D eigenvalue weighted by atomic mass is 9.82. The molecule has 2 rings (SSSR count). The third kappa shape index (κ3) is 2.33. The number of nitrogens with zero attached hydrogens (tertiary/aromatic N) is 1. The number of hydrogen-bond acceptors (Lipinski definition) is 3. The van der Waals surface area contributed by atoms with E-state index in [1.807, 2.05) is 4.90 Å². The molecule has 2 fully saturated rings. The van der Waals surface area contributed by atoms with Crippen molar-refractivity contribution in [2.45, 2.75) is 51.0 Å². The van der Waals surface area contributed by atoms with Gasteiger partial charge in [-0.05, 0) is 32.1 Å². The van der Waals surface area contributed by atoms with Gasteiger partial charge in [-0.15, -0.1) is 0 Å². The molecular weight excluding hydrogens is 216 g/mol. The molecule has 2 aliphatic carbocycles. The summed E-state index contributed by atoms with van der Waals surface area (Å²) in [5.74, 6) is 0.205. The third-order valence-electron chi connectivity index (χ3n) is 4.52. The van der Waals surface area contributed by atoms with Crippen LogP contribution in [0.4, 0.5) is 0 Å². The van der Waals surface area contributed by atoms with Gasteiger partial charge in [0.2, 0.25) is 5.91 Å². The van der Waals surface area contributed by atoms with Gasteiger partial charge in [0, 0.05) is 19.1 Å². The van der Waals surface area contributed by atoms with E-state index in [9.17, 15) is 4.79 Å². The fourth-order valence-corrected chi connectivity index (χ4v) is 3.12. The molecule has 1 amide bonds. The van der Waals surface area contributed by atoms with Crippen molar-refractivity contribution in [1.82, 2.24) is 4.90 Å². The van der Waals surface area contributed by atoms with E-state index < -0.39 is 0 Å². The van der Waals surface area contributed by atoms with Crippen LogP contribution >= 0.6 is 0 Å². The predicted octanol–water partition coefficient (Wildman–Crippen LogP) is 0.879. The zero-order chi connectivity index (χ0) is 12.3. The second-order valence-corrected chi connectivity index (χ2v) is 5.50. The lowest BCUT2D eigenvalue weighted by Gasteiger charge is -2.42. The molecule has 98 valence electrons. The quantitative estimate of drug-likeness (QED) is 0.749. The van der Waals surface area contributed by atoms with Crippen LogP contribution in [0.15, 0.2) is 0 Å². The maximum Gasteiger partial charge on any atom is 0.230 e. The Kier molecular flexibility index (Phi) is 4.05. The van der Waals surface area contributed by atoms with E-state index in [2.05, 4.69) is 0 Å². The second kappa shape index (κ2) is 5.36. The molecule has 0 bridgehead atoms. The summed E-state index contributed by atoms with van der Waals surface area (Å²) in [4.78, 5) is 14.6. The van der Waals surface area contributed by atoms with Crippen LogP contribution in [0.2, 0.25) is 0 Å². The van der Waals surface area contributed by atoms with Crippen molar-refractivity contribution in [2.24, 2.45) is 11.1 Å². The van der Waals surface area contributed by atoms with E-state index in [1.54, 1.807) is 0 Å². The molecule has 0 radical (unpaired) electrons. The first kappa shape index (κ1) is 12.8. The number of nitrogens with two attached hydrogens (primary N) is 1. The highest BCUT2D eigenvalue weighted by Gasteiger charge is 2.44. The maximum absolute atomic E-state index is 12.7. The number of amides is 1. The highest BCUT2D eigenvalue weighted by Crippen LogP contribution is 2.40. The molecule has 2 saturated carbocycles. The van der Waals surface area contributed by atoms with E-state index in [4.69, 9.17) is 10.8 Å². The van der Waals surface area contributed by atoms with Crippen LogP contribution in [-0.4, -0.2) is 41.7 Å². The topological polar surface area (TPSA) is 66.6 Å². The Morgan fingerprint density at radius 2 is 1.94 bits per heavy atom. The van der Waals surface area contributed by atoms with Gasteiger partial charge >= 0.3 is 0 Å². The molecule has 4 nitrogen and oxygen atoms in total. The first-order chi connectivity index (χ1) is 8.23. The zero-order valence-electron chi connectivity index (χ0n) is 10.5. The van der Waals surface area contributed by atoms with E-state index in [0.29, 0.717) is 19.1 Å². The van der Waals surface area contributed by atoms with Gasteiger partial charge in [0.25, 0.3) is 0 Å². The van der Waals surface area contributed by atoms with Crippen LogP contribution in [0.25, 0.3) is 0 Å². The van der Waals surface area contributed by atoms with E-state index in [1.165, 1.54) is 6.42 Å². The monoisotopic (exact) mass is 240 g/mol. The van der Waals surface area contributed by atoms with Gasteiger partial charge in [-0.3, -0.25) is 4.79 Å². The van der Waals surface area contributed by atoms with Gasteiger partial charge in [0.15, 0.2) is 0 Å². The zero-order valence-corrected chi connectivity index (χ0v) is 10.5. The Hall–Kier alpha value is -0.610. The summed E-state index contributed by atoms with van der Waals surface area (Å²) in [5, 5.41) is 9.13. The maximum atomic E-state index is 12.7. The summed E-state index contributed by atoms with van der Waals surface area (Å²) in [6.45, 7) is 0.995. The first-order valence-corrected chi connectivity index (χ1v) is 6.85. The summed E-state index contributed by atoms with van der Waals surface area (Å²) < 4.78 is 0. The van der Waals surface area contributed by atoms with E-state index >= 15 is 0 Å². The van der Waals surface area contributed by atoms with E-state index in [-0.39, 0.29) is 17.9 Å². The molecule has 4 heteroatoms. The summed E-state index contributed by atoms with van der Waals surface area (Å²) >= 11 is 0. The predicted molar refractivity (Wildman–Crippen MR) is 66.4 cm³/mol. The average Bonchev–Trinajstić information content (AvgIpc) is 2.75. The van der Waals surface area contributed by atoms with Crippen LogP contribution in [0.3, 0.4) is 0 Å². The number of aliphatic hydroxyl groups excluding tert-OH is 1. The van der Waals surface area contributed by atoms with Crippen LogP contribution in [0.1, 0.15) is 44.9 Å². The van der Waals surface area contributed by atoms with Crippen LogP contribution in [0.5, 0.6) is 0 Å². The smallest absolute Gasteiger partial charge is 0.230 e. The number of rotatable bonds is 5. The third-order valence-corrected chi connectivity index (χ3v) is 4.52. The number of carbonyl (C=O) groups excluding carboxylic acids is 1. The lowest BCUT2D eigenvalue weighted by molar-refractivity contribution is -0.146. The standard InChI is InChI=1S/C13H24N2O2/c14-10-13(6-1-2-7-13)12(17)15(8-9-16)11-4-3-5-11/h11,16H,1-10,14H2. The van der Waals surface area contributed by atoms with Crippen LogP contribution < -0.4 is 5.73 Å². The number of carbonyl (C=O) groups is 1. The minimum atomic E-state index is -0.315. The highest BCUT2D eigenvalue weighted by molar-refractivity contribution is 5.83. The summed E-state index contributed by atoms with van der Waals surface area (Å²) in [6, 6.07) is 0.360. The SMILES string of the molecule is NCC1(C(=O)N(CCO)C2CCC2)CCCC1. The van der Waals surface area contributed by atoms with Crippen molar-refractivity contribution in [3.05, 3.63) is 0 Å². The molecule has 3 N–H and O–H groups in total. The molecule has 0 aliphatic heterocycles. The molecule has 0 saturated heterocycles. The summed E-state index contributed by atoms with van der Waals surface area (Å²) in [7, 11) is 0.